The van der Waals surface area contributed by atoms with Crippen LogP contribution in [0.15, 0.2) is 54.9 Å². The summed E-state index contributed by atoms with van der Waals surface area (Å²) >= 11 is 0. The van der Waals surface area contributed by atoms with Crippen LogP contribution in [0.4, 0.5) is 0 Å². The number of hydrogen-bond donors (Lipinski definition) is 1. The molecule has 126 valence electrons. The van der Waals surface area contributed by atoms with Gasteiger partial charge in [-0.2, -0.15) is 0 Å². The molecular weight excluding hydrogens is 314 g/mol. The number of nitrogens with one attached hydrogen (secondary N) is 1. The molecule has 6 nitrogen and oxygen atoms in total. The second kappa shape index (κ2) is 6.47. The third-order valence-electron chi connectivity index (χ3n) is 4.73. The predicted octanol–water partition coefficient (Wildman–Crippen LogP) is 2.25. The maximum Gasteiger partial charge on any atom is 0.224 e. The zero-order chi connectivity index (χ0) is 17.2. The molecular formula is C19H19N5O. The number of carbonyl (C=O) groups is 1. The second-order valence-corrected chi connectivity index (χ2v) is 6.52. The van der Waals surface area contributed by atoms with Crippen LogP contribution in [-0.4, -0.2) is 26.1 Å². The van der Waals surface area contributed by atoms with Gasteiger partial charge in [-0.3, -0.25) is 4.79 Å². The van der Waals surface area contributed by atoms with Crippen molar-refractivity contribution in [3.05, 3.63) is 71.5 Å². The third-order valence-corrected chi connectivity index (χ3v) is 4.73. The molecule has 0 saturated heterocycles. The summed E-state index contributed by atoms with van der Waals surface area (Å²) < 4.78 is 1.58. The van der Waals surface area contributed by atoms with Gasteiger partial charge >= 0.3 is 0 Å². The van der Waals surface area contributed by atoms with E-state index in [9.17, 15) is 4.79 Å². The van der Waals surface area contributed by atoms with Gasteiger partial charge in [0.25, 0.3) is 0 Å². The quantitative estimate of drug-likeness (QED) is 0.795. The van der Waals surface area contributed by atoms with E-state index in [0.717, 1.165) is 17.7 Å². The minimum atomic E-state index is 0.0451. The summed E-state index contributed by atoms with van der Waals surface area (Å²) in [6, 6.07) is 16.1. The molecule has 3 aromatic rings. The first-order chi connectivity index (χ1) is 12.2. The first kappa shape index (κ1) is 15.5. The molecule has 2 atom stereocenters. The number of hydrogen-bond acceptors (Lipinski definition) is 4. The molecule has 25 heavy (non-hydrogen) atoms. The number of nitrogens with zero attached hydrogens (tertiary/aromatic N) is 4. The Labute approximate surface area is 145 Å². The first-order valence-electron chi connectivity index (χ1n) is 8.40. The van der Waals surface area contributed by atoms with Gasteiger partial charge < -0.3 is 5.32 Å². The lowest BCUT2D eigenvalue weighted by Crippen LogP contribution is -2.31. The molecule has 0 unspecified atom stereocenters. The summed E-state index contributed by atoms with van der Waals surface area (Å²) in [5.74, 6) is 0.465. The van der Waals surface area contributed by atoms with Gasteiger partial charge in [0.2, 0.25) is 5.91 Å². The maximum absolute atomic E-state index is 12.5. The molecule has 0 bridgehead atoms. The smallest absolute Gasteiger partial charge is 0.224 e. The van der Waals surface area contributed by atoms with Crippen LogP contribution in [-0.2, 0) is 17.6 Å². The molecule has 4 rings (SSSR count). The zero-order valence-corrected chi connectivity index (χ0v) is 14.0. The SMILES string of the molecule is C[C@@H]1Cc2ccccc2[C@@H]1NC(=O)Cc1ccc(-n2cnnn2)cc1. The average Bonchev–Trinajstić information content (AvgIpc) is 3.25. The molecule has 6 heteroatoms. The fourth-order valence-electron chi connectivity index (χ4n) is 3.47. The van der Waals surface area contributed by atoms with Gasteiger partial charge in [0.15, 0.2) is 0 Å². The van der Waals surface area contributed by atoms with Crippen molar-refractivity contribution in [2.75, 3.05) is 0 Å². The third kappa shape index (κ3) is 3.15. The molecule has 2 aromatic carbocycles. The molecule has 1 amide bonds. The normalized spacial score (nSPS) is 18.8. The Kier molecular flexibility index (Phi) is 4.01. The topological polar surface area (TPSA) is 72.7 Å². The molecule has 1 aromatic heterocycles. The van der Waals surface area contributed by atoms with Gasteiger partial charge in [-0.25, -0.2) is 4.68 Å². The summed E-state index contributed by atoms with van der Waals surface area (Å²) in [7, 11) is 0. The molecule has 0 saturated carbocycles. The summed E-state index contributed by atoms with van der Waals surface area (Å²) in [5, 5.41) is 14.3. The second-order valence-electron chi connectivity index (χ2n) is 6.52. The fourth-order valence-corrected chi connectivity index (χ4v) is 3.47. The fraction of sp³-hybridized carbons (Fsp3) is 0.263. The van der Waals surface area contributed by atoms with Crippen LogP contribution < -0.4 is 5.32 Å². The van der Waals surface area contributed by atoms with E-state index in [0.29, 0.717) is 12.3 Å². The van der Waals surface area contributed by atoms with Crippen molar-refractivity contribution in [1.82, 2.24) is 25.5 Å². The highest BCUT2D eigenvalue weighted by Gasteiger charge is 2.29. The summed E-state index contributed by atoms with van der Waals surface area (Å²) in [6.45, 7) is 2.19. The van der Waals surface area contributed by atoms with Gasteiger partial charge in [-0.15, -0.1) is 5.10 Å². The van der Waals surface area contributed by atoms with Gasteiger partial charge in [0.05, 0.1) is 18.2 Å². The Morgan fingerprint density at radius 1 is 1.20 bits per heavy atom. The maximum atomic E-state index is 12.5. The molecule has 1 aliphatic rings. The van der Waals surface area contributed by atoms with E-state index >= 15 is 0 Å². The van der Waals surface area contributed by atoms with Crippen molar-refractivity contribution < 1.29 is 4.79 Å². The van der Waals surface area contributed by atoms with Crippen LogP contribution in [0.3, 0.4) is 0 Å². The Morgan fingerprint density at radius 2 is 2.00 bits per heavy atom. The Morgan fingerprint density at radius 3 is 2.76 bits per heavy atom. The van der Waals surface area contributed by atoms with Crippen LogP contribution >= 0.6 is 0 Å². The molecule has 0 radical (unpaired) electrons. The minimum Gasteiger partial charge on any atom is -0.349 e. The van der Waals surface area contributed by atoms with E-state index in [1.807, 2.05) is 30.3 Å². The van der Waals surface area contributed by atoms with Crippen molar-refractivity contribution in [3.8, 4) is 5.69 Å². The Balaban J connectivity index is 1.42. The van der Waals surface area contributed by atoms with E-state index in [1.165, 1.54) is 11.1 Å². The van der Waals surface area contributed by atoms with Gasteiger partial charge in [0.1, 0.15) is 6.33 Å². The minimum absolute atomic E-state index is 0.0451. The molecule has 1 N–H and O–H groups in total. The number of amides is 1. The number of fused-ring (bicyclic) bond motifs is 1. The van der Waals surface area contributed by atoms with Crippen molar-refractivity contribution in [2.45, 2.75) is 25.8 Å². The summed E-state index contributed by atoms with van der Waals surface area (Å²) in [4.78, 5) is 12.5. The van der Waals surface area contributed by atoms with E-state index < -0.39 is 0 Å². The average molecular weight is 333 g/mol. The van der Waals surface area contributed by atoms with E-state index in [-0.39, 0.29) is 11.9 Å². The van der Waals surface area contributed by atoms with Crippen molar-refractivity contribution in [1.29, 1.82) is 0 Å². The predicted molar refractivity (Wildman–Crippen MR) is 93.1 cm³/mol. The first-order valence-corrected chi connectivity index (χ1v) is 8.40. The van der Waals surface area contributed by atoms with E-state index in [4.69, 9.17) is 0 Å². The molecule has 1 aliphatic carbocycles. The number of tetrazole rings is 1. The highest BCUT2D eigenvalue weighted by Crippen LogP contribution is 2.35. The lowest BCUT2D eigenvalue weighted by Gasteiger charge is -2.19. The number of rotatable bonds is 4. The van der Waals surface area contributed by atoms with Crippen LogP contribution in [0.25, 0.3) is 5.69 Å². The van der Waals surface area contributed by atoms with Crippen molar-refractivity contribution in [2.24, 2.45) is 5.92 Å². The summed E-state index contributed by atoms with van der Waals surface area (Å²) in [5.41, 5.74) is 4.42. The van der Waals surface area contributed by atoms with Crippen LogP contribution in [0.5, 0.6) is 0 Å². The number of benzene rings is 2. The Hall–Kier alpha value is -3.02. The van der Waals surface area contributed by atoms with Gasteiger partial charge in [-0.1, -0.05) is 43.3 Å². The zero-order valence-electron chi connectivity index (χ0n) is 14.0. The summed E-state index contributed by atoms with van der Waals surface area (Å²) in [6.07, 6.45) is 2.92. The Bertz CT molecular complexity index is 873. The number of aromatic nitrogens is 4. The highest BCUT2D eigenvalue weighted by molar-refractivity contribution is 5.79. The van der Waals surface area contributed by atoms with Crippen molar-refractivity contribution >= 4 is 5.91 Å². The van der Waals surface area contributed by atoms with Crippen LogP contribution in [0.1, 0.15) is 29.7 Å². The van der Waals surface area contributed by atoms with Crippen LogP contribution in [0.2, 0.25) is 0 Å². The number of carbonyl (C=O) groups excluding carboxylic acids is 1. The van der Waals surface area contributed by atoms with Gasteiger partial charge in [-0.05, 0) is 51.6 Å². The molecule has 0 fully saturated rings. The standard InChI is InChI=1S/C19H19N5O/c1-13-10-15-4-2-3-5-17(15)19(13)21-18(25)11-14-6-8-16(9-7-14)24-12-20-22-23-24/h2-9,12-13,19H,10-11H2,1H3,(H,21,25)/t13-,19-/m1/s1. The molecule has 0 spiro atoms. The largest absolute Gasteiger partial charge is 0.349 e. The van der Waals surface area contributed by atoms with Crippen LogP contribution in [0, 0.1) is 5.92 Å². The molecule has 0 aliphatic heterocycles. The molecule has 1 heterocycles. The van der Waals surface area contributed by atoms with E-state index in [2.05, 4.69) is 46.0 Å². The van der Waals surface area contributed by atoms with E-state index in [1.54, 1.807) is 11.0 Å². The van der Waals surface area contributed by atoms with Crippen molar-refractivity contribution in [3.63, 3.8) is 0 Å². The lowest BCUT2D eigenvalue weighted by atomic mass is 10.0. The lowest BCUT2D eigenvalue weighted by molar-refractivity contribution is -0.121. The monoisotopic (exact) mass is 333 g/mol. The van der Waals surface area contributed by atoms with Gasteiger partial charge in [0, 0.05) is 0 Å². The highest BCUT2D eigenvalue weighted by atomic mass is 16.1.